The number of fused-ring (bicyclic) bond motifs is 3. The Morgan fingerprint density at radius 1 is 1.14 bits per heavy atom. The minimum Gasteiger partial charge on any atom is -0.239 e. The summed E-state index contributed by atoms with van der Waals surface area (Å²) in [6, 6.07) is 10.6. The number of aromatic nitrogens is 2. The molecule has 0 aliphatic rings. The van der Waals surface area contributed by atoms with Gasteiger partial charge in [-0.15, -0.1) is 0 Å². The smallest absolute Gasteiger partial charge is 0.239 e. The minimum atomic E-state index is 1.26. The van der Waals surface area contributed by atoms with Crippen LogP contribution in [0.25, 0.3) is 16.3 Å². The number of hydrogen-bond donors (Lipinski definition) is 0. The maximum Gasteiger partial charge on any atom is 0.248 e. The standard InChI is InChI=1S/C12H11N2/c1-13-8-12-11-5-3-2-4-10(11)6-7-14(12)9-13/h2-9H,1H3/q+1. The van der Waals surface area contributed by atoms with Crippen molar-refractivity contribution in [1.29, 1.82) is 0 Å². The number of pyridine rings is 1. The number of imidazole rings is 1. The first-order valence-electron chi connectivity index (χ1n) is 4.69. The number of rotatable bonds is 0. The molecule has 3 rings (SSSR count). The van der Waals surface area contributed by atoms with Gasteiger partial charge in [-0.2, -0.15) is 0 Å². The molecule has 2 nitrogen and oxygen atoms in total. The Hall–Kier alpha value is -1.83. The van der Waals surface area contributed by atoms with E-state index in [0.717, 1.165) is 0 Å². The van der Waals surface area contributed by atoms with Crippen LogP contribution in [0, 0.1) is 0 Å². The predicted octanol–water partition coefficient (Wildman–Crippen LogP) is 1.92. The molecule has 2 heteroatoms. The molecule has 0 aliphatic carbocycles. The highest BCUT2D eigenvalue weighted by Gasteiger charge is 2.06. The van der Waals surface area contributed by atoms with Gasteiger partial charge in [0.2, 0.25) is 6.33 Å². The van der Waals surface area contributed by atoms with E-state index in [-0.39, 0.29) is 0 Å². The van der Waals surface area contributed by atoms with Gasteiger partial charge in [-0.1, -0.05) is 18.2 Å². The lowest BCUT2D eigenvalue weighted by molar-refractivity contribution is -0.670. The Bertz CT molecular complexity index is 608. The second-order valence-electron chi connectivity index (χ2n) is 3.61. The molecular weight excluding hydrogens is 172 g/mol. The van der Waals surface area contributed by atoms with E-state index in [9.17, 15) is 0 Å². The van der Waals surface area contributed by atoms with Gasteiger partial charge in [0, 0.05) is 5.39 Å². The summed E-state index contributed by atoms with van der Waals surface area (Å²) >= 11 is 0. The highest BCUT2D eigenvalue weighted by Crippen LogP contribution is 2.18. The van der Waals surface area contributed by atoms with Gasteiger partial charge in [-0.3, -0.25) is 0 Å². The molecule has 0 bridgehead atoms. The van der Waals surface area contributed by atoms with Gasteiger partial charge in [0.05, 0.1) is 13.2 Å². The molecule has 2 heterocycles. The molecule has 14 heavy (non-hydrogen) atoms. The zero-order chi connectivity index (χ0) is 9.54. The van der Waals surface area contributed by atoms with Crippen molar-refractivity contribution in [2.24, 2.45) is 7.05 Å². The van der Waals surface area contributed by atoms with Crippen LogP contribution in [-0.4, -0.2) is 4.40 Å². The van der Waals surface area contributed by atoms with E-state index in [0.29, 0.717) is 0 Å². The van der Waals surface area contributed by atoms with Crippen molar-refractivity contribution in [3.8, 4) is 0 Å². The van der Waals surface area contributed by atoms with E-state index in [1.807, 2.05) is 7.05 Å². The summed E-state index contributed by atoms with van der Waals surface area (Å²) in [4.78, 5) is 0. The summed E-state index contributed by atoms with van der Waals surface area (Å²) in [7, 11) is 2.04. The van der Waals surface area contributed by atoms with E-state index >= 15 is 0 Å². The molecule has 0 saturated heterocycles. The van der Waals surface area contributed by atoms with Crippen LogP contribution in [0.5, 0.6) is 0 Å². The van der Waals surface area contributed by atoms with Crippen molar-refractivity contribution in [3.63, 3.8) is 0 Å². The van der Waals surface area contributed by atoms with Crippen molar-refractivity contribution >= 4 is 16.3 Å². The first-order chi connectivity index (χ1) is 6.84. The van der Waals surface area contributed by atoms with Crippen LogP contribution < -0.4 is 4.57 Å². The monoisotopic (exact) mass is 183 g/mol. The predicted molar refractivity (Wildman–Crippen MR) is 56.1 cm³/mol. The minimum absolute atomic E-state index is 1.26. The molecule has 0 atom stereocenters. The molecule has 0 saturated carbocycles. The molecule has 0 unspecified atom stereocenters. The van der Waals surface area contributed by atoms with Crippen LogP contribution in [-0.2, 0) is 7.05 Å². The lowest BCUT2D eigenvalue weighted by Gasteiger charge is -1.94. The maximum absolute atomic E-state index is 2.16. The SMILES string of the molecule is C[n+]1cc2c3ccccc3ccn2c1. The zero-order valence-electron chi connectivity index (χ0n) is 8.01. The summed E-state index contributed by atoms with van der Waals surface area (Å²) < 4.78 is 4.21. The van der Waals surface area contributed by atoms with Crippen molar-refractivity contribution < 1.29 is 4.57 Å². The average Bonchev–Trinajstić information content (AvgIpc) is 2.59. The van der Waals surface area contributed by atoms with Crippen molar-refractivity contribution in [2.45, 2.75) is 0 Å². The summed E-state index contributed by atoms with van der Waals surface area (Å²) in [5.41, 5.74) is 1.26. The summed E-state index contributed by atoms with van der Waals surface area (Å²) in [5, 5.41) is 2.59. The van der Waals surface area contributed by atoms with Crippen LogP contribution in [0.3, 0.4) is 0 Å². The fourth-order valence-corrected chi connectivity index (χ4v) is 1.91. The molecule has 0 spiro atoms. The van der Waals surface area contributed by atoms with E-state index in [4.69, 9.17) is 0 Å². The van der Waals surface area contributed by atoms with Crippen LogP contribution >= 0.6 is 0 Å². The van der Waals surface area contributed by atoms with Gasteiger partial charge in [0.15, 0.2) is 5.52 Å². The molecule has 68 valence electrons. The molecular formula is C12H11N2+. The lowest BCUT2D eigenvalue weighted by Crippen LogP contribution is -2.23. The van der Waals surface area contributed by atoms with Gasteiger partial charge in [-0.25, -0.2) is 8.97 Å². The topological polar surface area (TPSA) is 8.29 Å². The molecule has 0 amide bonds. The van der Waals surface area contributed by atoms with Gasteiger partial charge in [-0.05, 0) is 17.5 Å². The number of benzene rings is 1. The second kappa shape index (κ2) is 2.58. The van der Waals surface area contributed by atoms with E-state index in [1.54, 1.807) is 0 Å². The molecule has 0 fully saturated rings. The Labute approximate surface area is 82.0 Å². The highest BCUT2D eigenvalue weighted by molar-refractivity contribution is 5.95. The quantitative estimate of drug-likeness (QED) is 0.471. The maximum atomic E-state index is 2.16. The lowest BCUT2D eigenvalue weighted by atomic mass is 10.1. The summed E-state index contributed by atoms with van der Waals surface area (Å²) in [6.07, 6.45) is 6.31. The fraction of sp³-hybridized carbons (Fsp3) is 0.0833. The first kappa shape index (κ1) is 7.56. The van der Waals surface area contributed by atoms with Crippen LogP contribution in [0.4, 0.5) is 0 Å². The van der Waals surface area contributed by atoms with Gasteiger partial charge in [0.1, 0.15) is 6.20 Å². The number of hydrogen-bond acceptors (Lipinski definition) is 0. The Kier molecular flexibility index (Phi) is 1.39. The van der Waals surface area contributed by atoms with E-state index in [1.165, 1.54) is 16.3 Å². The summed E-state index contributed by atoms with van der Waals surface area (Å²) in [6.45, 7) is 0. The third kappa shape index (κ3) is 0.940. The molecule has 3 aromatic rings. The van der Waals surface area contributed by atoms with E-state index < -0.39 is 0 Å². The van der Waals surface area contributed by atoms with Crippen LogP contribution in [0.15, 0.2) is 49.1 Å². The third-order valence-electron chi connectivity index (χ3n) is 2.56. The van der Waals surface area contributed by atoms with Crippen molar-refractivity contribution in [2.75, 3.05) is 0 Å². The average molecular weight is 183 g/mol. The number of nitrogens with zero attached hydrogens (tertiary/aromatic N) is 2. The van der Waals surface area contributed by atoms with Crippen molar-refractivity contribution in [3.05, 3.63) is 49.1 Å². The molecule has 2 aromatic heterocycles. The Morgan fingerprint density at radius 3 is 2.93 bits per heavy atom. The molecule has 1 aromatic carbocycles. The fourth-order valence-electron chi connectivity index (χ4n) is 1.91. The third-order valence-corrected chi connectivity index (χ3v) is 2.56. The van der Waals surface area contributed by atoms with Crippen LogP contribution in [0.1, 0.15) is 0 Å². The molecule has 0 aliphatic heterocycles. The zero-order valence-corrected chi connectivity index (χ0v) is 8.01. The molecule has 0 radical (unpaired) electrons. The Morgan fingerprint density at radius 2 is 2.00 bits per heavy atom. The molecule has 0 N–H and O–H groups in total. The number of aryl methyl sites for hydroxylation is 1. The van der Waals surface area contributed by atoms with Crippen molar-refractivity contribution in [1.82, 2.24) is 4.40 Å². The van der Waals surface area contributed by atoms with Gasteiger partial charge < -0.3 is 0 Å². The van der Waals surface area contributed by atoms with E-state index in [2.05, 4.69) is 58.0 Å². The second-order valence-corrected chi connectivity index (χ2v) is 3.61. The van der Waals surface area contributed by atoms with Gasteiger partial charge in [0.25, 0.3) is 0 Å². The van der Waals surface area contributed by atoms with Gasteiger partial charge >= 0.3 is 0 Å². The first-order valence-corrected chi connectivity index (χ1v) is 4.69. The largest absolute Gasteiger partial charge is 0.248 e. The summed E-state index contributed by atoms with van der Waals surface area (Å²) in [5.74, 6) is 0. The Balaban J connectivity index is 2.60. The van der Waals surface area contributed by atoms with Crippen LogP contribution in [0.2, 0.25) is 0 Å². The normalized spacial score (nSPS) is 11.2. The highest BCUT2D eigenvalue weighted by atomic mass is 15.1.